The lowest BCUT2D eigenvalue weighted by atomic mass is 10.1. The van der Waals surface area contributed by atoms with Gasteiger partial charge in [0, 0.05) is 11.8 Å². The Hall–Kier alpha value is -3.07. The van der Waals surface area contributed by atoms with Crippen molar-refractivity contribution in [3.05, 3.63) is 46.2 Å². The van der Waals surface area contributed by atoms with Crippen LogP contribution in [0.2, 0.25) is 0 Å². The first kappa shape index (κ1) is 18.3. The maximum Gasteiger partial charge on any atom is 0.272 e. The van der Waals surface area contributed by atoms with Gasteiger partial charge in [0.05, 0.1) is 26.9 Å². The Morgan fingerprint density at radius 1 is 1.00 bits per heavy atom. The molecule has 0 atom stereocenters. The molecule has 0 saturated carbocycles. The molecule has 2 aromatic rings. The molecular formula is C16H17N3O5S. The van der Waals surface area contributed by atoms with E-state index in [1.807, 2.05) is 0 Å². The molecule has 0 radical (unpaired) electrons. The monoisotopic (exact) mass is 363 g/mol. The summed E-state index contributed by atoms with van der Waals surface area (Å²) < 4.78 is 15.8. The molecule has 0 spiro atoms. The first-order chi connectivity index (χ1) is 12.0. The molecule has 132 valence electrons. The largest absolute Gasteiger partial charge is 0.493 e. The summed E-state index contributed by atoms with van der Waals surface area (Å²) in [6, 6.07) is 6.11. The molecule has 25 heavy (non-hydrogen) atoms. The molecule has 1 heterocycles. The second kappa shape index (κ2) is 8.15. The zero-order valence-corrected chi connectivity index (χ0v) is 14.7. The van der Waals surface area contributed by atoms with Crippen LogP contribution in [0.5, 0.6) is 17.2 Å². The van der Waals surface area contributed by atoms with Crippen LogP contribution in [0.25, 0.3) is 0 Å². The number of pyridine rings is 1. The Kier molecular flexibility index (Phi) is 5.96. The molecule has 9 heteroatoms. The standard InChI is InChI=1S/C16H17N3O5S/c1-22-11-7-9(8-12(23-2)13(11)24-3)14(20)18-19-15(21)10-5-4-6-17-16(10)25/h4-8H,1-3H3,(H,17,25)(H,18,20)(H,19,21). The summed E-state index contributed by atoms with van der Waals surface area (Å²) in [5, 5.41) is 0. The lowest BCUT2D eigenvalue weighted by Crippen LogP contribution is -2.41. The predicted octanol–water partition coefficient (Wildman–Crippen LogP) is 1.84. The van der Waals surface area contributed by atoms with Crippen LogP contribution in [0.15, 0.2) is 30.5 Å². The Balaban J connectivity index is 2.17. The van der Waals surface area contributed by atoms with E-state index in [0.29, 0.717) is 17.2 Å². The third-order valence-corrected chi connectivity index (χ3v) is 3.62. The molecule has 1 aromatic carbocycles. The molecule has 0 aliphatic heterocycles. The van der Waals surface area contributed by atoms with Crippen LogP contribution in [0.4, 0.5) is 0 Å². The maximum absolute atomic E-state index is 12.3. The molecule has 1 aromatic heterocycles. The van der Waals surface area contributed by atoms with E-state index < -0.39 is 11.8 Å². The van der Waals surface area contributed by atoms with Crippen molar-refractivity contribution in [1.29, 1.82) is 0 Å². The summed E-state index contributed by atoms with van der Waals surface area (Å²) in [5.74, 6) is -0.0881. The van der Waals surface area contributed by atoms with Gasteiger partial charge in [0.1, 0.15) is 4.64 Å². The number of amides is 2. The van der Waals surface area contributed by atoms with E-state index in [-0.39, 0.29) is 15.8 Å². The highest BCUT2D eigenvalue weighted by Gasteiger charge is 2.17. The first-order valence-electron chi connectivity index (χ1n) is 7.10. The van der Waals surface area contributed by atoms with Crippen LogP contribution >= 0.6 is 12.2 Å². The Bertz CT molecular complexity index is 825. The average Bonchev–Trinajstić information content (AvgIpc) is 2.64. The van der Waals surface area contributed by atoms with Crippen molar-refractivity contribution in [1.82, 2.24) is 15.8 Å². The molecule has 0 fully saturated rings. The minimum atomic E-state index is -0.557. The van der Waals surface area contributed by atoms with Gasteiger partial charge in [-0.15, -0.1) is 0 Å². The molecule has 2 rings (SSSR count). The molecule has 0 aliphatic rings. The van der Waals surface area contributed by atoms with E-state index in [1.165, 1.54) is 33.5 Å². The fraction of sp³-hybridized carbons (Fsp3) is 0.188. The molecule has 0 saturated heterocycles. The minimum Gasteiger partial charge on any atom is -0.493 e. The molecule has 8 nitrogen and oxygen atoms in total. The van der Waals surface area contributed by atoms with Crippen LogP contribution in [0.3, 0.4) is 0 Å². The van der Waals surface area contributed by atoms with Crippen molar-refractivity contribution in [2.45, 2.75) is 0 Å². The van der Waals surface area contributed by atoms with Crippen molar-refractivity contribution in [2.75, 3.05) is 21.3 Å². The van der Waals surface area contributed by atoms with Crippen molar-refractivity contribution < 1.29 is 23.8 Å². The molecule has 3 N–H and O–H groups in total. The molecule has 2 amide bonds. The van der Waals surface area contributed by atoms with Crippen LogP contribution in [0.1, 0.15) is 20.7 Å². The number of hydrogen-bond donors (Lipinski definition) is 3. The van der Waals surface area contributed by atoms with E-state index in [2.05, 4.69) is 15.8 Å². The summed E-state index contributed by atoms with van der Waals surface area (Å²) in [6.07, 6.45) is 1.60. The van der Waals surface area contributed by atoms with Gasteiger partial charge in [-0.25, -0.2) is 0 Å². The third-order valence-electron chi connectivity index (χ3n) is 3.28. The average molecular weight is 363 g/mol. The number of hydrazine groups is 1. The van der Waals surface area contributed by atoms with E-state index in [0.717, 1.165) is 0 Å². The highest BCUT2D eigenvalue weighted by molar-refractivity contribution is 7.71. The fourth-order valence-electron chi connectivity index (χ4n) is 2.07. The van der Waals surface area contributed by atoms with E-state index in [4.69, 9.17) is 26.4 Å². The number of nitrogens with one attached hydrogen (secondary N) is 3. The van der Waals surface area contributed by atoms with Gasteiger partial charge in [0.25, 0.3) is 11.8 Å². The minimum absolute atomic E-state index is 0.216. The van der Waals surface area contributed by atoms with Crippen molar-refractivity contribution >= 4 is 24.0 Å². The number of carbonyl (C=O) groups is 2. The quantitative estimate of drug-likeness (QED) is 0.553. The van der Waals surface area contributed by atoms with Gasteiger partial charge < -0.3 is 19.2 Å². The summed E-state index contributed by atoms with van der Waals surface area (Å²) in [6.45, 7) is 0. The lowest BCUT2D eigenvalue weighted by Gasteiger charge is -2.14. The van der Waals surface area contributed by atoms with Gasteiger partial charge in [-0.2, -0.15) is 0 Å². The van der Waals surface area contributed by atoms with Gasteiger partial charge in [0.15, 0.2) is 11.5 Å². The SMILES string of the molecule is COc1cc(C(=O)NNC(=O)c2ccc[nH]c2=S)cc(OC)c1OC. The summed E-state index contributed by atoms with van der Waals surface area (Å²) in [5.41, 5.74) is 5.07. The van der Waals surface area contributed by atoms with Gasteiger partial charge in [-0.3, -0.25) is 20.4 Å². The second-order valence-corrected chi connectivity index (χ2v) is 5.14. The van der Waals surface area contributed by atoms with Gasteiger partial charge >= 0.3 is 0 Å². The van der Waals surface area contributed by atoms with E-state index in [9.17, 15) is 9.59 Å². The maximum atomic E-state index is 12.3. The van der Waals surface area contributed by atoms with Crippen LogP contribution in [-0.2, 0) is 0 Å². The van der Waals surface area contributed by atoms with Crippen molar-refractivity contribution in [2.24, 2.45) is 0 Å². The number of benzene rings is 1. The second-order valence-electron chi connectivity index (χ2n) is 4.74. The number of aromatic nitrogens is 1. The number of aromatic amines is 1. The lowest BCUT2D eigenvalue weighted by molar-refractivity contribution is 0.0846. The van der Waals surface area contributed by atoms with Crippen LogP contribution in [0, 0.1) is 4.64 Å². The number of hydrogen-bond acceptors (Lipinski definition) is 6. The highest BCUT2D eigenvalue weighted by Crippen LogP contribution is 2.38. The van der Waals surface area contributed by atoms with Gasteiger partial charge in [-0.1, -0.05) is 12.2 Å². The number of carbonyl (C=O) groups excluding carboxylic acids is 2. The smallest absolute Gasteiger partial charge is 0.272 e. The van der Waals surface area contributed by atoms with Gasteiger partial charge in [0.2, 0.25) is 5.75 Å². The first-order valence-corrected chi connectivity index (χ1v) is 7.51. The molecule has 0 aliphatic carbocycles. The van der Waals surface area contributed by atoms with Crippen molar-refractivity contribution in [3.63, 3.8) is 0 Å². The summed E-state index contributed by atoms with van der Waals surface area (Å²) in [7, 11) is 4.35. The fourth-order valence-corrected chi connectivity index (χ4v) is 2.29. The molecular weight excluding hydrogens is 346 g/mol. The van der Waals surface area contributed by atoms with Crippen LogP contribution in [-0.4, -0.2) is 38.1 Å². The third kappa shape index (κ3) is 4.07. The number of H-pyrrole nitrogens is 1. The summed E-state index contributed by atoms with van der Waals surface area (Å²) >= 11 is 5.02. The topological polar surface area (TPSA) is 102 Å². The van der Waals surface area contributed by atoms with Crippen molar-refractivity contribution in [3.8, 4) is 17.2 Å². The predicted molar refractivity (Wildman–Crippen MR) is 92.7 cm³/mol. The van der Waals surface area contributed by atoms with Crippen LogP contribution < -0.4 is 25.1 Å². The normalized spacial score (nSPS) is 9.88. The zero-order chi connectivity index (χ0) is 18.4. The Morgan fingerprint density at radius 3 is 2.12 bits per heavy atom. The van der Waals surface area contributed by atoms with E-state index in [1.54, 1.807) is 18.3 Å². The number of ether oxygens (including phenoxy) is 3. The zero-order valence-electron chi connectivity index (χ0n) is 13.8. The summed E-state index contributed by atoms with van der Waals surface area (Å²) in [4.78, 5) is 27.1. The Labute approximate surface area is 149 Å². The van der Waals surface area contributed by atoms with E-state index >= 15 is 0 Å². The Morgan fingerprint density at radius 2 is 1.60 bits per heavy atom. The molecule has 0 bridgehead atoms. The van der Waals surface area contributed by atoms with Gasteiger partial charge in [-0.05, 0) is 24.3 Å². The number of rotatable bonds is 5. The highest BCUT2D eigenvalue weighted by atomic mass is 32.1. The number of methoxy groups -OCH3 is 3. The molecule has 0 unspecified atom stereocenters.